The van der Waals surface area contributed by atoms with Crippen molar-refractivity contribution in [1.29, 1.82) is 0 Å². The zero-order valence-corrected chi connectivity index (χ0v) is 16.8. The first-order valence-electron chi connectivity index (χ1n) is 9.56. The highest BCUT2D eigenvalue weighted by Gasteiger charge is 2.28. The van der Waals surface area contributed by atoms with Gasteiger partial charge in [0.2, 0.25) is 0 Å². The number of hydrogen-bond donors (Lipinski definition) is 3. The van der Waals surface area contributed by atoms with E-state index in [4.69, 9.17) is 0 Å². The van der Waals surface area contributed by atoms with Gasteiger partial charge in [-0.05, 0) is 29.9 Å². The molecule has 2 rings (SSSR count). The van der Waals surface area contributed by atoms with Crippen molar-refractivity contribution in [2.75, 3.05) is 32.7 Å². The molecule has 0 unspecified atom stereocenters. The van der Waals surface area contributed by atoms with E-state index in [9.17, 15) is 5.11 Å². The van der Waals surface area contributed by atoms with Crippen LogP contribution in [-0.4, -0.2) is 37.8 Å². The molecule has 136 valence electrons. The average molecular weight is 335 g/mol. The first kappa shape index (κ1) is 19.3. The normalized spacial score (nSPS) is 22.6. The van der Waals surface area contributed by atoms with E-state index < -0.39 is 0 Å². The maximum absolute atomic E-state index is 10.8. The molecule has 24 heavy (non-hydrogen) atoms. The van der Waals surface area contributed by atoms with E-state index >= 15 is 0 Å². The third-order valence-electron chi connectivity index (χ3n) is 5.40. The fourth-order valence-electron chi connectivity index (χ4n) is 3.72. The summed E-state index contributed by atoms with van der Waals surface area (Å²) in [6, 6.07) is 4.49. The SMILES string of the molecule is CC[NH+]1CC[NH+](Cc2cc(C(C)(C)C)c(O)c(C(C)(C)C)c2)CC1. The van der Waals surface area contributed by atoms with E-state index in [1.54, 1.807) is 9.80 Å². The quantitative estimate of drug-likeness (QED) is 0.764. The van der Waals surface area contributed by atoms with Crippen LogP contribution in [0.3, 0.4) is 0 Å². The summed E-state index contributed by atoms with van der Waals surface area (Å²) in [5, 5.41) is 10.8. The minimum absolute atomic E-state index is 0.0412. The Balaban J connectivity index is 2.30. The Hall–Kier alpha value is -1.06. The van der Waals surface area contributed by atoms with Gasteiger partial charge in [0.05, 0.1) is 6.54 Å². The predicted molar refractivity (Wildman–Crippen MR) is 101 cm³/mol. The molecule has 3 heteroatoms. The second kappa shape index (κ2) is 7.05. The second-order valence-electron chi connectivity index (χ2n) is 9.57. The van der Waals surface area contributed by atoms with Crippen molar-refractivity contribution >= 4 is 0 Å². The Morgan fingerprint density at radius 3 is 1.62 bits per heavy atom. The summed E-state index contributed by atoms with van der Waals surface area (Å²) in [6.07, 6.45) is 0. The zero-order valence-electron chi connectivity index (χ0n) is 16.8. The zero-order chi connectivity index (χ0) is 18.1. The molecule has 3 N–H and O–H groups in total. The molecular weight excluding hydrogens is 296 g/mol. The molecule has 1 aromatic carbocycles. The Labute approximate surface area is 148 Å². The number of rotatable bonds is 3. The highest BCUT2D eigenvalue weighted by Crippen LogP contribution is 2.39. The van der Waals surface area contributed by atoms with Crippen LogP contribution in [0.25, 0.3) is 0 Å². The topological polar surface area (TPSA) is 29.1 Å². The van der Waals surface area contributed by atoms with E-state index in [-0.39, 0.29) is 10.8 Å². The monoisotopic (exact) mass is 334 g/mol. The molecule has 0 spiro atoms. The van der Waals surface area contributed by atoms with Crippen LogP contribution in [0.2, 0.25) is 0 Å². The van der Waals surface area contributed by atoms with E-state index in [1.807, 2.05) is 0 Å². The van der Waals surface area contributed by atoms with Crippen molar-refractivity contribution in [3.63, 3.8) is 0 Å². The van der Waals surface area contributed by atoms with Gasteiger partial charge in [0.1, 0.15) is 38.5 Å². The van der Waals surface area contributed by atoms with E-state index in [0.29, 0.717) is 5.75 Å². The van der Waals surface area contributed by atoms with Gasteiger partial charge in [-0.25, -0.2) is 0 Å². The molecule has 0 bridgehead atoms. The number of piperazine rings is 1. The minimum Gasteiger partial charge on any atom is -0.507 e. The van der Waals surface area contributed by atoms with Crippen LogP contribution >= 0.6 is 0 Å². The lowest BCUT2D eigenvalue weighted by molar-refractivity contribution is -1.02. The molecule has 1 aromatic rings. The van der Waals surface area contributed by atoms with Gasteiger partial charge in [0.25, 0.3) is 0 Å². The Kier molecular flexibility index (Phi) is 5.66. The number of phenolic OH excluding ortho intramolecular Hbond substituents is 1. The van der Waals surface area contributed by atoms with Gasteiger partial charge in [-0.3, -0.25) is 0 Å². The van der Waals surface area contributed by atoms with Crippen molar-refractivity contribution in [1.82, 2.24) is 0 Å². The summed E-state index contributed by atoms with van der Waals surface area (Å²) in [6.45, 7) is 22.8. The van der Waals surface area contributed by atoms with Crippen LogP contribution in [0.15, 0.2) is 12.1 Å². The Morgan fingerprint density at radius 2 is 1.25 bits per heavy atom. The number of hydrogen-bond acceptors (Lipinski definition) is 1. The van der Waals surface area contributed by atoms with Crippen molar-refractivity contribution in [2.24, 2.45) is 0 Å². The molecule has 0 radical (unpaired) electrons. The summed E-state index contributed by atoms with van der Waals surface area (Å²) < 4.78 is 0. The molecule has 0 aliphatic carbocycles. The number of quaternary nitrogens is 2. The standard InChI is InChI=1S/C21H36N2O/c1-8-22-9-11-23(12-10-22)15-16-13-17(20(2,3)4)19(24)18(14-16)21(5,6)7/h13-14,24H,8-12,15H2,1-7H3/p+2. The Bertz CT molecular complexity index is 523. The van der Waals surface area contributed by atoms with Crippen molar-refractivity contribution in [2.45, 2.75) is 65.8 Å². The molecule has 0 amide bonds. The van der Waals surface area contributed by atoms with Gasteiger partial charge in [-0.1, -0.05) is 41.5 Å². The molecule has 1 heterocycles. The number of likely N-dealkylation sites (N-methyl/N-ethyl adjacent to an activating group) is 1. The summed E-state index contributed by atoms with van der Waals surface area (Å²) in [4.78, 5) is 3.41. The predicted octanol–water partition coefficient (Wildman–Crippen LogP) is 1.29. The molecule has 0 saturated carbocycles. The van der Waals surface area contributed by atoms with Gasteiger partial charge in [-0.2, -0.15) is 0 Å². The van der Waals surface area contributed by atoms with Gasteiger partial charge in [-0.15, -0.1) is 0 Å². The summed E-state index contributed by atoms with van der Waals surface area (Å²) in [7, 11) is 0. The summed E-state index contributed by atoms with van der Waals surface area (Å²) in [5.41, 5.74) is 3.46. The molecule has 1 fully saturated rings. The molecule has 0 aromatic heterocycles. The van der Waals surface area contributed by atoms with Gasteiger partial charge in [0.15, 0.2) is 0 Å². The van der Waals surface area contributed by atoms with Crippen LogP contribution in [0.4, 0.5) is 0 Å². The second-order valence-corrected chi connectivity index (χ2v) is 9.57. The molecule has 1 aliphatic rings. The van der Waals surface area contributed by atoms with Crippen molar-refractivity contribution in [3.8, 4) is 5.75 Å². The van der Waals surface area contributed by atoms with Crippen LogP contribution in [0, 0.1) is 0 Å². The highest BCUT2D eigenvalue weighted by molar-refractivity contribution is 5.49. The first-order chi connectivity index (χ1) is 11.0. The van der Waals surface area contributed by atoms with E-state index in [0.717, 1.165) is 17.7 Å². The number of benzene rings is 1. The minimum atomic E-state index is -0.0412. The number of nitrogens with one attached hydrogen (secondary N) is 2. The summed E-state index contributed by atoms with van der Waals surface area (Å²) >= 11 is 0. The largest absolute Gasteiger partial charge is 0.507 e. The smallest absolute Gasteiger partial charge is 0.127 e. The molecule has 3 nitrogen and oxygen atoms in total. The Morgan fingerprint density at radius 1 is 0.833 bits per heavy atom. The maximum atomic E-state index is 10.8. The molecule has 1 saturated heterocycles. The molecular formula is C21H38N2O+2. The van der Waals surface area contributed by atoms with Crippen molar-refractivity contribution < 1.29 is 14.9 Å². The highest BCUT2D eigenvalue weighted by atomic mass is 16.3. The fraction of sp³-hybridized carbons (Fsp3) is 0.714. The van der Waals surface area contributed by atoms with E-state index in [2.05, 4.69) is 60.6 Å². The van der Waals surface area contributed by atoms with Gasteiger partial charge < -0.3 is 14.9 Å². The average Bonchev–Trinajstić information content (AvgIpc) is 2.47. The van der Waals surface area contributed by atoms with Crippen LogP contribution in [0.1, 0.15) is 65.2 Å². The van der Waals surface area contributed by atoms with Gasteiger partial charge in [0, 0.05) is 16.7 Å². The van der Waals surface area contributed by atoms with E-state index in [1.165, 1.54) is 38.3 Å². The lowest BCUT2D eigenvalue weighted by Gasteiger charge is -2.31. The third kappa shape index (κ3) is 4.52. The van der Waals surface area contributed by atoms with Crippen molar-refractivity contribution in [3.05, 3.63) is 28.8 Å². The first-order valence-corrected chi connectivity index (χ1v) is 9.56. The van der Waals surface area contributed by atoms with Gasteiger partial charge >= 0.3 is 0 Å². The van der Waals surface area contributed by atoms with Crippen LogP contribution < -0.4 is 9.80 Å². The lowest BCUT2D eigenvalue weighted by Crippen LogP contribution is -3.27. The lowest BCUT2D eigenvalue weighted by atomic mass is 9.78. The van der Waals surface area contributed by atoms with Crippen LogP contribution in [0.5, 0.6) is 5.75 Å². The van der Waals surface area contributed by atoms with Crippen LogP contribution in [-0.2, 0) is 17.4 Å². The molecule has 1 aliphatic heterocycles. The third-order valence-corrected chi connectivity index (χ3v) is 5.40. The summed E-state index contributed by atoms with van der Waals surface area (Å²) in [5.74, 6) is 0.494. The number of aromatic hydroxyl groups is 1. The maximum Gasteiger partial charge on any atom is 0.127 e. The number of phenols is 1. The molecule has 0 atom stereocenters. The fourth-order valence-corrected chi connectivity index (χ4v) is 3.72.